The quantitative estimate of drug-likeness (QED) is 0.427. The van der Waals surface area contributed by atoms with Gasteiger partial charge in [0.1, 0.15) is 0 Å². The first-order valence-corrected chi connectivity index (χ1v) is 10.8. The van der Waals surface area contributed by atoms with E-state index < -0.39 is 0 Å². The van der Waals surface area contributed by atoms with E-state index in [1.54, 1.807) is 6.07 Å². The molecule has 0 saturated carbocycles. The average Bonchev–Trinajstić information content (AvgIpc) is 2.70. The molecule has 0 radical (unpaired) electrons. The topological polar surface area (TPSA) is 58.2 Å². The highest BCUT2D eigenvalue weighted by molar-refractivity contribution is 9.10. The van der Waals surface area contributed by atoms with Crippen LogP contribution < -0.4 is 10.6 Å². The molecule has 4 nitrogen and oxygen atoms in total. The fraction of sp³-hybridized carbons (Fsp3) is 0.130. The number of nitrogens with one attached hydrogen (secondary N) is 2. The van der Waals surface area contributed by atoms with Crippen LogP contribution in [0.25, 0.3) is 0 Å². The van der Waals surface area contributed by atoms with Crippen molar-refractivity contribution in [2.24, 2.45) is 0 Å². The standard InChI is InChI=1S/C23H21BrN2O2S/c1-15-8-3-4-11-19(15)23(28)25-17-9-7-10-18(14-17)29-16(2)22(27)26-21-13-6-5-12-20(21)24/h3-14,16H,1-2H3,(H,25,28)(H,26,27). The van der Waals surface area contributed by atoms with Crippen LogP contribution in [0.2, 0.25) is 0 Å². The first-order valence-electron chi connectivity index (χ1n) is 9.13. The smallest absolute Gasteiger partial charge is 0.255 e. The van der Waals surface area contributed by atoms with Gasteiger partial charge in [-0.05, 0) is 71.7 Å². The summed E-state index contributed by atoms with van der Waals surface area (Å²) in [6, 6.07) is 22.5. The molecule has 0 saturated heterocycles. The van der Waals surface area contributed by atoms with E-state index in [-0.39, 0.29) is 17.1 Å². The van der Waals surface area contributed by atoms with Crippen LogP contribution >= 0.6 is 27.7 Å². The van der Waals surface area contributed by atoms with E-state index in [1.807, 2.05) is 80.6 Å². The molecule has 0 aliphatic rings. The lowest BCUT2D eigenvalue weighted by Gasteiger charge is -2.14. The highest BCUT2D eigenvalue weighted by Gasteiger charge is 2.16. The van der Waals surface area contributed by atoms with Crippen molar-refractivity contribution < 1.29 is 9.59 Å². The normalized spacial score (nSPS) is 11.6. The van der Waals surface area contributed by atoms with Gasteiger partial charge in [-0.25, -0.2) is 0 Å². The van der Waals surface area contributed by atoms with Crippen LogP contribution in [0.5, 0.6) is 0 Å². The number of thioether (sulfide) groups is 1. The Balaban J connectivity index is 1.65. The summed E-state index contributed by atoms with van der Waals surface area (Å²) in [6.07, 6.45) is 0. The van der Waals surface area contributed by atoms with Gasteiger partial charge in [0, 0.05) is 20.6 Å². The monoisotopic (exact) mass is 468 g/mol. The highest BCUT2D eigenvalue weighted by Crippen LogP contribution is 2.28. The number of rotatable bonds is 6. The number of amides is 2. The molecular formula is C23H21BrN2O2S. The number of hydrogen-bond donors (Lipinski definition) is 2. The van der Waals surface area contributed by atoms with Crippen molar-refractivity contribution in [3.63, 3.8) is 0 Å². The number of para-hydroxylation sites is 1. The fourth-order valence-corrected chi connectivity index (χ4v) is 4.04. The molecule has 0 spiro atoms. The zero-order chi connectivity index (χ0) is 20.8. The summed E-state index contributed by atoms with van der Waals surface area (Å²) in [7, 11) is 0. The SMILES string of the molecule is Cc1ccccc1C(=O)Nc1cccc(SC(C)C(=O)Nc2ccccc2Br)c1. The largest absolute Gasteiger partial charge is 0.324 e. The predicted molar refractivity (Wildman–Crippen MR) is 124 cm³/mol. The third-order valence-electron chi connectivity index (χ3n) is 4.30. The van der Waals surface area contributed by atoms with Gasteiger partial charge in [-0.2, -0.15) is 0 Å². The summed E-state index contributed by atoms with van der Waals surface area (Å²) >= 11 is 4.87. The number of carbonyl (C=O) groups is 2. The van der Waals surface area contributed by atoms with Crippen molar-refractivity contribution >= 4 is 50.9 Å². The molecule has 0 aliphatic heterocycles. The van der Waals surface area contributed by atoms with Gasteiger partial charge in [0.2, 0.25) is 5.91 Å². The van der Waals surface area contributed by atoms with Crippen LogP contribution in [0, 0.1) is 6.92 Å². The molecule has 1 atom stereocenters. The maximum absolute atomic E-state index is 12.5. The third-order valence-corrected chi connectivity index (χ3v) is 6.08. The zero-order valence-corrected chi connectivity index (χ0v) is 18.5. The van der Waals surface area contributed by atoms with Gasteiger partial charge in [-0.15, -0.1) is 11.8 Å². The highest BCUT2D eigenvalue weighted by atomic mass is 79.9. The molecule has 148 valence electrons. The van der Waals surface area contributed by atoms with Crippen LogP contribution in [-0.4, -0.2) is 17.1 Å². The molecule has 0 heterocycles. The van der Waals surface area contributed by atoms with E-state index in [0.29, 0.717) is 11.3 Å². The summed E-state index contributed by atoms with van der Waals surface area (Å²) in [5, 5.41) is 5.56. The van der Waals surface area contributed by atoms with Crippen molar-refractivity contribution in [2.75, 3.05) is 10.6 Å². The zero-order valence-electron chi connectivity index (χ0n) is 16.1. The maximum Gasteiger partial charge on any atom is 0.255 e. The lowest BCUT2D eigenvalue weighted by Crippen LogP contribution is -2.22. The van der Waals surface area contributed by atoms with Gasteiger partial charge in [0.25, 0.3) is 5.91 Å². The Bertz CT molecular complexity index is 1040. The Kier molecular flexibility index (Phi) is 7.12. The number of carbonyl (C=O) groups excluding carboxylic acids is 2. The minimum absolute atomic E-state index is 0.0868. The summed E-state index contributed by atoms with van der Waals surface area (Å²) < 4.78 is 0.839. The lowest BCUT2D eigenvalue weighted by molar-refractivity contribution is -0.115. The first kappa shape index (κ1) is 21.1. The van der Waals surface area contributed by atoms with Crippen molar-refractivity contribution in [1.29, 1.82) is 0 Å². The van der Waals surface area contributed by atoms with E-state index in [1.165, 1.54) is 11.8 Å². The van der Waals surface area contributed by atoms with Crippen LogP contribution in [0.3, 0.4) is 0 Å². The Morgan fingerprint density at radius 2 is 1.66 bits per heavy atom. The van der Waals surface area contributed by atoms with E-state index >= 15 is 0 Å². The van der Waals surface area contributed by atoms with E-state index in [9.17, 15) is 9.59 Å². The van der Waals surface area contributed by atoms with E-state index in [4.69, 9.17) is 0 Å². The van der Waals surface area contributed by atoms with Gasteiger partial charge in [-0.1, -0.05) is 36.4 Å². The Morgan fingerprint density at radius 1 is 0.931 bits per heavy atom. The van der Waals surface area contributed by atoms with Crippen LogP contribution in [0.4, 0.5) is 11.4 Å². The molecule has 3 aromatic carbocycles. The van der Waals surface area contributed by atoms with Crippen molar-refractivity contribution in [3.8, 4) is 0 Å². The molecule has 6 heteroatoms. The molecule has 0 aliphatic carbocycles. The predicted octanol–water partition coefficient (Wildman–Crippen LogP) is 6.13. The second-order valence-corrected chi connectivity index (χ2v) is 8.79. The van der Waals surface area contributed by atoms with E-state index in [2.05, 4.69) is 26.6 Å². The lowest BCUT2D eigenvalue weighted by atomic mass is 10.1. The van der Waals surface area contributed by atoms with Gasteiger partial charge < -0.3 is 10.6 Å². The number of anilines is 2. The Hall–Kier alpha value is -2.57. The van der Waals surface area contributed by atoms with E-state index in [0.717, 1.165) is 20.6 Å². The molecule has 2 amide bonds. The van der Waals surface area contributed by atoms with Gasteiger partial charge >= 0.3 is 0 Å². The minimum atomic E-state index is -0.301. The van der Waals surface area contributed by atoms with Crippen LogP contribution in [0.15, 0.2) is 82.2 Å². The molecule has 3 aromatic rings. The second-order valence-electron chi connectivity index (χ2n) is 6.53. The molecule has 1 unspecified atom stereocenters. The Labute approximate surface area is 183 Å². The first-order chi connectivity index (χ1) is 13.9. The van der Waals surface area contributed by atoms with Crippen molar-refractivity contribution in [1.82, 2.24) is 0 Å². The molecule has 0 aromatic heterocycles. The molecule has 2 N–H and O–H groups in total. The van der Waals surface area contributed by atoms with Crippen LogP contribution in [-0.2, 0) is 4.79 Å². The van der Waals surface area contributed by atoms with Gasteiger partial charge in [0.05, 0.1) is 10.9 Å². The molecule has 29 heavy (non-hydrogen) atoms. The summed E-state index contributed by atoms with van der Waals surface area (Å²) in [6.45, 7) is 3.77. The average molecular weight is 469 g/mol. The number of benzene rings is 3. The van der Waals surface area contributed by atoms with Crippen molar-refractivity contribution in [3.05, 3.63) is 88.4 Å². The fourth-order valence-electron chi connectivity index (χ4n) is 2.73. The van der Waals surface area contributed by atoms with Crippen molar-refractivity contribution in [2.45, 2.75) is 24.0 Å². The summed E-state index contributed by atoms with van der Waals surface area (Å²) in [5.41, 5.74) is 3.01. The van der Waals surface area contributed by atoms with Crippen LogP contribution in [0.1, 0.15) is 22.8 Å². The molecular weight excluding hydrogens is 448 g/mol. The van der Waals surface area contributed by atoms with Gasteiger partial charge in [0.15, 0.2) is 0 Å². The molecule has 0 bridgehead atoms. The summed E-state index contributed by atoms with van der Waals surface area (Å²) in [5.74, 6) is -0.235. The molecule has 0 fully saturated rings. The number of aryl methyl sites for hydroxylation is 1. The number of halogens is 1. The minimum Gasteiger partial charge on any atom is -0.324 e. The Morgan fingerprint density at radius 3 is 2.41 bits per heavy atom. The summed E-state index contributed by atoms with van der Waals surface area (Å²) in [4.78, 5) is 26.0. The maximum atomic E-state index is 12.5. The van der Waals surface area contributed by atoms with Gasteiger partial charge in [-0.3, -0.25) is 9.59 Å². The second kappa shape index (κ2) is 9.76. The third kappa shape index (κ3) is 5.71. The number of hydrogen-bond acceptors (Lipinski definition) is 3. The molecule has 3 rings (SSSR count).